The number of nitrogens with one attached hydrogen (secondary N) is 1. The van der Waals surface area contributed by atoms with E-state index in [-0.39, 0.29) is 12.5 Å². The molecule has 0 aliphatic rings. The Labute approximate surface area is 145 Å². The maximum atomic E-state index is 12.2. The third kappa shape index (κ3) is 3.74. The highest BCUT2D eigenvalue weighted by Gasteiger charge is 2.10. The first-order valence-corrected chi connectivity index (χ1v) is 8.73. The molecule has 0 spiro atoms. The summed E-state index contributed by atoms with van der Waals surface area (Å²) in [5, 5.41) is 3.89. The Morgan fingerprint density at radius 1 is 1.25 bits per heavy atom. The quantitative estimate of drug-likeness (QED) is 0.729. The molecule has 1 aromatic heterocycles. The van der Waals surface area contributed by atoms with E-state index in [2.05, 4.69) is 24.1 Å². The standard InChI is InChI=1S/C19H20N2O2S/c1-12(2)15-6-4-5-7-17(15)23-11-19(22)21-14-8-9-16-18(10-14)24-13(3)20-16/h4-10,12H,11H2,1-3H3,(H,21,22). The SMILES string of the molecule is Cc1nc2ccc(NC(=O)COc3ccccc3C(C)C)cc2s1. The van der Waals surface area contributed by atoms with Crippen LogP contribution in [0.25, 0.3) is 10.2 Å². The van der Waals surface area contributed by atoms with E-state index < -0.39 is 0 Å². The zero-order valence-corrected chi connectivity index (χ0v) is 14.8. The summed E-state index contributed by atoms with van der Waals surface area (Å²) in [7, 11) is 0. The van der Waals surface area contributed by atoms with Gasteiger partial charge in [-0.05, 0) is 42.7 Å². The first-order valence-electron chi connectivity index (χ1n) is 7.91. The second-order valence-electron chi connectivity index (χ2n) is 5.94. The smallest absolute Gasteiger partial charge is 0.262 e. The van der Waals surface area contributed by atoms with E-state index >= 15 is 0 Å². The van der Waals surface area contributed by atoms with Gasteiger partial charge in [-0.3, -0.25) is 4.79 Å². The van der Waals surface area contributed by atoms with Gasteiger partial charge < -0.3 is 10.1 Å². The fraction of sp³-hybridized carbons (Fsp3) is 0.263. The highest BCUT2D eigenvalue weighted by atomic mass is 32.1. The number of para-hydroxylation sites is 1. The van der Waals surface area contributed by atoms with Crippen LogP contribution < -0.4 is 10.1 Å². The number of benzene rings is 2. The summed E-state index contributed by atoms with van der Waals surface area (Å²) < 4.78 is 6.77. The van der Waals surface area contributed by atoms with Crippen LogP contribution in [0.15, 0.2) is 42.5 Å². The van der Waals surface area contributed by atoms with Crippen LogP contribution in [0, 0.1) is 6.92 Å². The summed E-state index contributed by atoms with van der Waals surface area (Å²) >= 11 is 1.62. The lowest BCUT2D eigenvalue weighted by molar-refractivity contribution is -0.118. The van der Waals surface area contributed by atoms with Gasteiger partial charge in [-0.1, -0.05) is 32.0 Å². The summed E-state index contributed by atoms with van der Waals surface area (Å²) in [4.78, 5) is 16.6. The van der Waals surface area contributed by atoms with Crippen molar-refractivity contribution in [1.82, 2.24) is 4.98 Å². The highest BCUT2D eigenvalue weighted by Crippen LogP contribution is 2.26. The Bertz CT molecular complexity index is 871. The number of anilines is 1. The third-order valence-electron chi connectivity index (χ3n) is 3.68. The van der Waals surface area contributed by atoms with Crippen molar-refractivity contribution in [3.8, 4) is 5.75 Å². The van der Waals surface area contributed by atoms with Crippen LogP contribution in [-0.4, -0.2) is 17.5 Å². The van der Waals surface area contributed by atoms with E-state index in [9.17, 15) is 4.79 Å². The number of carbonyl (C=O) groups is 1. The van der Waals surface area contributed by atoms with E-state index in [1.165, 1.54) is 0 Å². The molecule has 3 rings (SSSR count). The minimum absolute atomic E-state index is 0.0104. The lowest BCUT2D eigenvalue weighted by atomic mass is 10.0. The highest BCUT2D eigenvalue weighted by molar-refractivity contribution is 7.18. The molecule has 0 bridgehead atoms. The largest absolute Gasteiger partial charge is 0.483 e. The van der Waals surface area contributed by atoms with Gasteiger partial charge in [-0.2, -0.15) is 0 Å². The van der Waals surface area contributed by atoms with E-state index in [4.69, 9.17) is 4.74 Å². The van der Waals surface area contributed by atoms with E-state index in [0.717, 1.165) is 32.2 Å². The van der Waals surface area contributed by atoms with E-state index in [1.807, 2.05) is 49.4 Å². The maximum Gasteiger partial charge on any atom is 0.262 e. The predicted octanol–water partition coefficient (Wildman–Crippen LogP) is 4.75. The van der Waals surface area contributed by atoms with Crippen LogP contribution in [0.5, 0.6) is 5.75 Å². The molecular formula is C19H20N2O2S. The summed E-state index contributed by atoms with van der Waals surface area (Å²) in [6.07, 6.45) is 0. The summed E-state index contributed by atoms with van der Waals surface area (Å²) in [6, 6.07) is 13.5. The summed E-state index contributed by atoms with van der Waals surface area (Å²) in [6.45, 7) is 6.18. The molecule has 0 aliphatic heterocycles. The number of hydrogen-bond acceptors (Lipinski definition) is 4. The number of thiazole rings is 1. The van der Waals surface area contributed by atoms with E-state index in [1.54, 1.807) is 11.3 Å². The van der Waals surface area contributed by atoms with Crippen molar-refractivity contribution in [3.05, 3.63) is 53.0 Å². The minimum atomic E-state index is -0.172. The molecule has 2 aromatic carbocycles. The van der Waals surface area contributed by atoms with Gasteiger partial charge in [-0.15, -0.1) is 11.3 Å². The van der Waals surface area contributed by atoms with Crippen molar-refractivity contribution < 1.29 is 9.53 Å². The van der Waals surface area contributed by atoms with Gasteiger partial charge in [0.2, 0.25) is 0 Å². The molecule has 0 atom stereocenters. The Hall–Kier alpha value is -2.40. The first kappa shape index (κ1) is 16.5. The number of amides is 1. The normalized spacial score (nSPS) is 11.0. The molecule has 0 saturated heterocycles. The number of aryl methyl sites for hydroxylation is 1. The molecule has 0 aliphatic carbocycles. The van der Waals surface area contributed by atoms with Crippen LogP contribution >= 0.6 is 11.3 Å². The molecule has 24 heavy (non-hydrogen) atoms. The number of hydrogen-bond donors (Lipinski definition) is 1. The second-order valence-corrected chi connectivity index (χ2v) is 7.18. The number of aromatic nitrogens is 1. The molecule has 124 valence electrons. The van der Waals surface area contributed by atoms with Gasteiger partial charge in [0.05, 0.1) is 15.2 Å². The molecule has 5 heteroatoms. The average molecular weight is 340 g/mol. The van der Waals surface area contributed by atoms with Crippen molar-refractivity contribution in [2.24, 2.45) is 0 Å². The van der Waals surface area contributed by atoms with Gasteiger partial charge in [0.1, 0.15) is 5.75 Å². The summed E-state index contributed by atoms with van der Waals surface area (Å²) in [5.41, 5.74) is 2.82. The van der Waals surface area contributed by atoms with Crippen molar-refractivity contribution in [2.75, 3.05) is 11.9 Å². The number of fused-ring (bicyclic) bond motifs is 1. The van der Waals surface area contributed by atoms with Gasteiger partial charge in [0.25, 0.3) is 5.91 Å². The molecule has 0 radical (unpaired) electrons. The maximum absolute atomic E-state index is 12.2. The third-order valence-corrected chi connectivity index (χ3v) is 4.61. The molecule has 0 saturated carbocycles. The number of ether oxygens (including phenoxy) is 1. The molecule has 4 nitrogen and oxygen atoms in total. The molecule has 0 unspecified atom stereocenters. The Morgan fingerprint density at radius 3 is 2.83 bits per heavy atom. The van der Waals surface area contributed by atoms with Crippen LogP contribution in [0.1, 0.15) is 30.3 Å². The zero-order valence-electron chi connectivity index (χ0n) is 14.0. The van der Waals surface area contributed by atoms with Crippen LogP contribution in [-0.2, 0) is 4.79 Å². The summed E-state index contributed by atoms with van der Waals surface area (Å²) in [5.74, 6) is 0.937. The first-order chi connectivity index (χ1) is 11.5. The fourth-order valence-corrected chi connectivity index (χ4v) is 3.41. The second kappa shape index (κ2) is 7.01. The van der Waals surface area contributed by atoms with Crippen molar-refractivity contribution >= 4 is 33.1 Å². The molecule has 3 aromatic rings. The zero-order chi connectivity index (χ0) is 17.1. The Balaban J connectivity index is 1.65. The fourth-order valence-electron chi connectivity index (χ4n) is 2.55. The molecule has 1 heterocycles. The average Bonchev–Trinajstić information content (AvgIpc) is 2.92. The monoisotopic (exact) mass is 340 g/mol. The van der Waals surface area contributed by atoms with Gasteiger partial charge in [0.15, 0.2) is 6.61 Å². The molecule has 1 N–H and O–H groups in total. The van der Waals surface area contributed by atoms with E-state index in [0.29, 0.717) is 5.92 Å². The van der Waals surface area contributed by atoms with Crippen molar-refractivity contribution in [2.45, 2.75) is 26.7 Å². The molecule has 1 amide bonds. The predicted molar refractivity (Wildman–Crippen MR) is 99.0 cm³/mol. The molecule has 0 fully saturated rings. The number of carbonyl (C=O) groups excluding carboxylic acids is 1. The molecular weight excluding hydrogens is 320 g/mol. The van der Waals surface area contributed by atoms with Gasteiger partial charge >= 0.3 is 0 Å². The van der Waals surface area contributed by atoms with Crippen molar-refractivity contribution in [1.29, 1.82) is 0 Å². The van der Waals surface area contributed by atoms with Gasteiger partial charge in [0, 0.05) is 5.69 Å². The lowest BCUT2D eigenvalue weighted by Crippen LogP contribution is -2.20. The van der Waals surface area contributed by atoms with Gasteiger partial charge in [-0.25, -0.2) is 4.98 Å². The van der Waals surface area contributed by atoms with Crippen LogP contribution in [0.3, 0.4) is 0 Å². The minimum Gasteiger partial charge on any atom is -0.483 e. The van der Waals surface area contributed by atoms with Crippen molar-refractivity contribution in [3.63, 3.8) is 0 Å². The van der Waals surface area contributed by atoms with Crippen LogP contribution in [0.2, 0.25) is 0 Å². The Morgan fingerprint density at radius 2 is 2.04 bits per heavy atom. The topological polar surface area (TPSA) is 51.2 Å². The lowest BCUT2D eigenvalue weighted by Gasteiger charge is -2.13. The number of rotatable bonds is 5. The number of nitrogens with zero attached hydrogens (tertiary/aromatic N) is 1. The Kier molecular flexibility index (Phi) is 4.81. The van der Waals surface area contributed by atoms with Crippen LogP contribution in [0.4, 0.5) is 5.69 Å².